The summed E-state index contributed by atoms with van der Waals surface area (Å²) in [7, 11) is 0. The summed E-state index contributed by atoms with van der Waals surface area (Å²) in [6, 6.07) is 36.6. The zero-order valence-electron chi connectivity index (χ0n) is 21.5. The Labute approximate surface area is 384 Å². The van der Waals surface area contributed by atoms with Gasteiger partial charge in [-0.3, -0.25) is 0 Å². The summed E-state index contributed by atoms with van der Waals surface area (Å²) in [6.45, 7) is 0. The molecule has 0 saturated heterocycles. The van der Waals surface area contributed by atoms with E-state index < -0.39 is 0 Å². The van der Waals surface area contributed by atoms with E-state index in [4.69, 9.17) is 5.73 Å². The van der Waals surface area contributed by atoms with Crippen molar-refractivity contribution in [3.8, 4) is 44.5 Å². The number of nitrogens with two attached hydrogens (primary N) is 1. The summed E-state index contributed by atoms with van der Waals surface area (Å²) >= 11 is 7.16. The maximum Gasteiger partial charge on any atom is 0.0538 e. The zero-order chi connectivity index (χ0) is 23.7. The first-order valence-corrected chi connectivity index (χ1v) is 13.1. The molecule has 0 aliphatic heterocycles. The van der Waals surface area contributed by atoms with Crippen LogP contribution in [0.4, 0.5) is 5.69 Å². The van der Waals surface area contributed by atoms with Gasteiger partial charge in [0.2, 0.25) is 0 Å². The summed E-state index contributed by atoms with van der Waals surface area (Å²) in [5, 5.41) is 5.10. The van der Waals surface area contributed by atoms with Gasteiger partial charge < -0.3 is 5.73 Å². The van der Waals surface area contributed by atoms with Gasteiger partial charge >= 0.3 is 0 Å². The first-order valence-electron chi connectivity index (χ1n) is 11.5. The largest absolute Gasteiger partial charge is 0.397 e. The molecule has 0 spiro atoms. The molecule has 6 aromatic carbocycles. The summed E-state index contributed by atoms with van der Waals surface area (Å²) in [4.78, 5) is 0. The Balaban J connectivity index is 0.000000358. The minimum atomic E-state index is 0. The molecule has 189 valence electrons. The average molecular weight is 1040 g/mol. The molecule has 0 amide bonds. The van der Waals surface area contributed by atoms with E-state index in [1.54, 1.807) is 0 Å². The molecular formula is C33H23Br2NY5. The summed E-state index contributed by atoms with van der Waals surface area (Å²) < 4.78 is 2.12. The molecule has 1 nitrogen and oxygen atoms in total. The van der Waals surface area contributed by atoms with Crippen LogP contribution in [0.3, 0.4) is 0 Å². The molecule has 2 aliphatic carbocycles. The van der Waals surface area contributed by atoms with Crippen LogP contribution in [-0.2, 0) is 164 Å². The molecule has 0 unspecified atom stereocenters. The maximum absolute atomic E-state index is 6.17. The van der Waals surface area contributed by atoms with Crippen molar-refractivity contribution in [1.29, 1.82) is 0 Å². The van der Waals surface area contributed by atoms with Gasteiger partial charge in [-0.05, 0) is 94.8 Å². The number of rotatable bonds is 0. The Morgan fingerprint density at radius 3 is 1.44 bits per heavy atom. The number of hydrogen-bond donors (Lipinski definition) is 1. The Morgan fingerprint density at radius 2 is 0.878 bits per heavy atom. The Bertz CT molecular complexity index is 1860. The van der Waals surface area contributed by atoms with E-state index in [2.05, 4.69) is 135 Å². The van der Waals surface area contributed by atoms with Gasteiger partial charge in [0.1, 0.15) is 0 Å². The van der Waals surface area contributed by atoms with E-state index in [-0.39, 0.29) is 171 Å². The zero-order valence-corrected chi connectivity index (χ0v) is 38.9. The van der Waals surface area contributed by atoms with E-state index in [1.165, 1.54) is 60.7 Å². The van der Waals surface area contributed by atoms with Crippen LogP contribution in [-0.4, -0.2) is 0 Å². The fourth-order valence-corrected chi connectivity index (χ4v) is 6.56. The van der Waals surface area contributed by atoms with Crippen molar-refractivity contribution < 1.29 is 164 Å². The van der Waals surface area contributed by atoms with Crippen molar-refractivity contribution in [2.75, 3.05) is 5.73 Å². The molecule has 0 saturated carbocycles. The molecule has 0 aromatic heterocycles. The second kappa shape index (κ2) is 17.3. The number of fused-ring (bicyclic) bond motifs is 6. The molecule has 6 aromatic rings. The number of benzene rings is 6. The van der Waals surface area contributed by atoms with Crippen LogP contribution in [0.1, 0.15) is 7.43 Å². The van der Waals surface area contributed by atoms with Crippen molar-refractivity contribution in [2.24, 2.45) is 0 Å². The van der Waals surface area contributed by atoms with Crippen LogP contribution in [0.2, 0.25) is 0 Å². The van der Waals surface area contributed by atoms with Crippen molar-refractivity contribution in [2.45, 2.75) is 7.43 Å². The molecule has 0 heterocycles. The molecule has 41 heavy (non-hydrogen) atoms. The van der Waals surface area contributed by atoms with Gasteiger partial charge in [0.15, 0.2) is 0 Å². The molecule has 2 N–H and O–H groups in total. The quantitative estimate of drug-likeness (QED) is 0.151. The van der Waals surface area contributed by atoms with Crippen molar-refractivity contribution in [3.63, 3.8) is 0 Å². The molecular weight excluding hydrogens is 1010 g/mol. The minimum absolute atomic E-state index is 0. The fourth-order valence-electron chi connectivity index (χ4n) is 5.64. The topological polar surface area (TPSA) is 26.0 Å². The molecule has 0 fully saturated rings. The first kappa shape index (κ1) is 41.1. The van der Waals surface area contributed by atoms with Crippen LogP contribution in [0, 0.1) is 0 Å². The van der Waals surface area contributed by atoms with E-state index in [9.17, 15) is 0 Å². The van der Waals surface area contributed by atoms with E-state index in [0.717, 1.165) is 20.0 Å². The SMILES string of the molecule is Brc1cc2c3c(cccc3c1)-c1ccccc1-2.C.Nc1c(Br)cc2c3c(cccc13)-c1ccccc1-2.[Y].[Y].[Y].[Y].[Y]. The van der Waals surface area contributed by atoms with E-state index >= 15 is 0 Å². The standard InChI is InChI=1S/C16H10BrN.C16H9Br.CH4.5Y/c17-14-8-13-10-5-2-1-4-9(10)11-6-3-7-12(15(11)13)16(14)18;17-11-8-10-4-3-7-14-12-5-1-2-6-13(12)15(9-11)16(10)14;;;;;;/h1-8H,18H2;1-9H;1H4;;;;;. The first-order chi connectivity index (χ1) is 17.1. The second-order valence-electron chi connectivity index (χ2n) is 9.00. The van der Waals surface area contributed by atoms with Crippen LogP contribution >= 0.6 is 31.9 Å². The van der Waals surface area contributed by atoms with Crippen LogP contribution in [0.5, 0.6) is 0 Å². The van der Waals surface area contributed by atoms with Gasteiger partial charge in [-0.1, -0.05) is 108 Å². The van der Waals surface area contributed by atoms with Gasteiger partial charge in [-0.2, -0.15) is 0 Å². The van der Waals surface area contributed by atoms with Gasteiger partial charge in [0, 0.05) is 178 Å². The van der Waals surface area contributed by atoms with Crippen LogP contribution in [0.25, 0.3) is 66.1 Å². The summed E-state index contributed by atoms with van der Waals surface area (Å²) in [5.41, 5.74) is 17.6. The maximum atomic E-state index is 6.17. The number of anilines is 1. The van der Waals surface area contributed by atoms with Gasteiger partial charge in [-0.25, -0.2) is 0 Å². The van der Waals surface area contributed by atoms with Gasteiger partial charge in [0.05, 0.1) is 5.69 Å². The third kappa shape index (κ3) is 7.34. The molecule has 0 bridgehead atoms. The Kier molecular flexibility index (Phi) is 17.4. The van der Waals surface area contributed by atoms with E-state index in [0.29, 0.717) is 0 Å². The molecule has 2 aliphatic rings. The third-order valence-corrected chi connectivity index (χ3v) is 8.22. The average Bonchev–Trinajstić information content (AvgIpc) is 3.38. The molecule has 5 radical (unpaired) electrons. The molecule has 0 atom stereocenters. The minimum Gasteiger partial charge on any atom is -0.397 e. The number of nitrogen functional groups attached to an aromatic ring is 1. The van der Waals surface area contributed by atoms with Crippen molar-refractivity contribution in [1.82, 2.24) is 0 Å². The van der Waals surface area contributed by atoms with Gasteiger partial charge in [0.25, 0.3) is 0 Å². The second-order valence-corrected chi connectivity index (χ2v) is 10.8. The Hall–Kier alpha value is 2.12. The monoisotopic (exact) mass is 1040 g/mol. The Morgan fingerprint density at radius 1 is 0.439 bits per heavy atom. The molecule has 8 rings (SSSR count). The number of halogens is 2. The smallest absolute Gasteiger partial charge is 0.0538 e. The summed E-state index contributed by atoms with van der Waals surface area (Å²) in [6.07, 6.45) is 0. The van der Waals surface area contributed by atoms with Crippen molar-refractivity contribution in [3.05, 3.63) is 112 Å². The van der Waals surface area contributed by atoms with Gasteiger partial charge in [-0.15, -0.1) is 0 Å². The van der Waals surface area contributed by atoms with Crippen LogP contribution in [0.15, 0.2) is 112 Å². The van der Waals surface area contributed by atoms with Crippen molar-refractivity contribution >= 4 is 59.1 Å². The fraction of sp³-hybridized carbons (Fsp3) is 0.0303. The molecule has 8 heteroatoms. The normalized spacial score (nSPS) is 10.1. The van der Waals surface area contributed by atoms with E-state index in [1.807, 2.05) is 0 Å². The third-order valence-electron chi connectivity index (χ3n) is 7.11. The predicted molar refractivity (Wildman–Crippen MR) is 163 cm³/mol. The predicted octanol–water partition coefficient (Wildman–Crippen LogP) is 10.7. The van der Waals surface area contributed by atoms with Crippen LogP contribution < -0.4 is 5.73 Å². The number of hydrogen-bond acceptors (Lipinski definition) is 1. The summed E-state index contributed by atoms with van der Waals surface area (Å²) in [5.74, 6) is 0.